The Kier molecular flexibility index (Phi) is 3.35. The van der Waals surface area contributed by atoms with E-state index in [0.717, 1.165) is 10.4 Å². The van der Waals surface area contributed by atoms with Crippen LogP contribution in [0.1, 0.15) is 16.0 Å². The van der Waals surface area contributed by atoms with Gasteiger partial charge in [-0.1, -0.05) is 18.2 Å². The van der Waals surface area contributed by atoms with E-state index in [9.17, 15) is 0 Å². The molecule has 0 aliphatic rings. The Bertz CT molecular complexity index is 625. The van der Waals surface area contributed by atoms with Gasteiger partial charge >= 0.3 is 0 Å². The molecule has 3 heteroatoms. The third kappa shape index (κ3) is 2.60. The van der Waals surface area contributed by atoms with Crippen LogP contribution in [0.25, 0.3) is 11.6 Å². The van der Waals surface area contributed by atoms with Crippen LogP contribution in [0.3, 0.4) is 0 Å². The van der Waals surface area contributed by atoms with Crippen LogP contribution >= 0.6 is 11.3 Å². The molecule has 0 aliphatic heterocycles. The average Bonchev–Trinajstić information content (AvgIpc) is 2.89. The van der Waals surface area contributed by atoms with Gasteiger partial charge in [-0.15, -0.1) is 11.3 Å². The summed E-state index contributed by atoms with van der Waals surface area (Å²) in [5.74, 6) is 0. The first kappa shape index (κ1) is 11.1. The predicted octanol–water partition coefficient (Wildman–Crippen LogP) is 3.68. The van der Waals surface area contributed by atoms with E-state index in [1.54, 1.807) is 29.5 Å². The fraction of sp³-hybridized carbons (Fsp3) is 0. The summed E-state index contributed by atoms with van der Waals surface area (Å²) in [6, 6.07) is 15.2. The molecular weight excluding hydrogens is 228 g/mol. The molecule has 2 aromatic rings. The molecule has 0 unspecified atom stereocenters. The smallest absolute Gasteiger partial charge is 0.0998 e. The molecule has 0 saturated heterocycles. The Labute approximate surface area is 104 Å². The van der Waals surface area contributed by atoms with Crippen molar-refractivity contribution in [2.75, 3.05) is 0 Å². The van der Waals surface area contributed by atoms with Gasteiger partial charge in [-0.05, 0) is 35.2 Å². The van der Waals surface area contributed by atoms with Crippen molar-refractivity contribution in [3.05, 3.63) is 57.8 Å². The van der Waals surface area contributed by atoms with Crippen LogP contribution in [0.5, 0.6) is 0 Å². The first-order valence-corrected chi connectivity index (χ1v) is 5.87. The van der Waals surface area contributed by atoms with Crippen LogP contribution in [-0.4, -0.2) is 0 Å². The topological polar surface area (TPSA) is 47.6 Å². The number of thiophene rings is 1. The lowest BCUT2D eigenvalue weighted by Gasteiger charge is -1.98. The monoisotopic (exact) mass is 236 g/mol. The highest BCUT2D eigenvalue weighted by atomic mass is 32.1. The molecule has 1 aromatic heterocycles. The summed E-state index contributed by atoms with van der Waals surface area (Å²) in [6.07, 6.45) is 1.83. The van der Waals surface area contributed by atoms with Gasteiger partial charge in [0, 0.05) is 4.88 Å². The number of rotatable bonds is 2. The Morgan fingerprint density at radius 3 is 2.71 bits per heavy atom. The highest BCUT2D eigenvalue weighted by Crippen LogP contribution is 2.20. The lowest BCUT2D eigenvalue weighted by molar-refractivity contribution is 1.47. The minimum Gasteiger partial charge on any atom is -0.192 e. The molecule has 0 saturated carbocycles. The molecule has 1 aromatic carbocycles. The van der Waals surface area contributed by atoms with Crippen LogP contribution < -0.4 is 0 Å². The van der Waals surface area contributed by atoms with E-state index in [4.69, 9.17) is 10.5 Å². The molecule has 0 spiro atoms. The van der Waals surface area contributed by atoms with E-state index in [1.807, 2.05) is 29.7 Å². The van der Waals surface area contributed by atoms with E-state index in [-0.39, 0.29) is 0 Å². The van der Waals surface area contributed by atoms with Crippen LogP contribution in [0, 0.1) is 22.7 Å². The van der Waals surface area contributed by atoms with Crippen molar-refractivity contribution in [2.24, 2.45) is 0 Å². The van der Waals surface area contributed by atoms with Crippen molar-refractivity contribution >= 4 is 23.0 Å². The summed E-state index contributed by atoms with van der Waals surface area (Å²) < 4.78 is 0. The SMILES string of the molecule is N#C/C(=C\c1cccs1)c1cccc(C#N)c1. The first-order chi connectivity index (χ1) is 8.33. The van der Waals surface area contributed by atoms with Crippen LogP contribution in [0.15, 0.2) is 41.8 Å². The maximum absolute atomic E-state index is 9.15. The van der Waals surface area contributed by atoms with E-state index in [0.29, 0.717) is 11.1 Å². The van der Waals surface area contributed by atoms with Crippen molar-refractivity contribution in [1.29, 1.82) is 10.5 Å². The summed E-state index contributed by atoms with van der Waals surface area (Å²) in [6.45, 7) is 0. The van der Waals surface area contributed by atoms with E-state index in [1.165, 1.54) is 0 Å². The fourth-order valence-electron chi connectivity index (χ4n) is 1.45. The maximum Gasteiger partial charge on any atom is 0.0998 e. The summed E-state index contributed by atoms with van der Waals surface area (Å²) >= 11 is 1.58. The third-order valence-corrected chi connectivity index (χ3v) is 3.07. The van der Waals surface area contributed by atoms with Crippen molar-refractivity contribution in [3.8, 4) is 12.1 Å². The zero-order valence-electron chi connectivity index (χ0n) is 8.92. The van der Waals surface area contributed by atoms with Gasteiger partial charge in [0.25, 0.3) is 0 Å². The Hall–Kier alpha value is -2.36. The van der Waals surface area contributed by atoms with Gasteiger partial charge in [-0.25, -0.2) is 0 Å². The van der Waals surface area contributed by atoms with Gasteiger partial charge in [0.1, 0.15) is 0 Å². The van der Waals surface area contributed by atoms with Crippen LogP contribution in [-0.2, 0) is 0 Å². The van der Waals surface area contributed by atoms with Gasteiger partial charge in [-0.3, -0.25) is 0 Å². The molecule has 0 aliphatic carbocycles. The normalized spacial score (nSPS) is 10.6. The number of nitrogens with zero attached hydrogens (tertiary/aromatic N) is 2. The highest BCUT2D eigenvalue weighted by Gasteiger charge is 2.02. The lowest BCUT2D eigenvalue weighted by atomic mass is 10.0. The first-order valence-electron chi connectivity index (χ1n) is 4.99. The van der Waals surface area contributed by atoms with Gasteiger partial charge in [0.05, 0.1) is 23.3 Å². The molecule has 80 valence electrons. The molecule has 0 N–H and O–H groups in total. The fourth-order valence-corrected chi connectivity index (χ4v) is 2.11. The Morgan fingerprint density at radius 2 is 2.06 bits per heavy atom. The van der Waals surface area contributed by atoms with Gasteiger partial charge in [-0.2, -0.15) is 10.5 Å². The second kappa shape index (κ2) is 5.12. The molecule has 0 radical (unpaired) electrons. The molecule has 0 bridgehead atoms. The standard InChI is InChI=1S/C14H8N2S/c15-9-11-3-1-4-12(7-11)13(10-16)8-14-5-2-6-17-14/h1-8H/b13-8+. The largest absolute Gasteiger partial charge is 0.192 e. The third-order valence-electron chi connectivity index (χ3n) is 2.25. The molecule has 0 amide bonds. The van der Waals surface area contributed by atoms with Gasteiger partial charge in [0.2, 0.25) is 0 Å². The number of hydrogen-bond acceptors (Lipinski definition) is 3. The second-order valence-corrected chi connectivity index (χ2v) is 4.36. The molecule has 1 heterocycles. The van der Waals surface area contributed by atoms with Crippen molar-refractivity contribution < 1.29 is 0 Å². The number of allylic oxidation sites excluding steroid dienone is 1. The van der Waals surface area contributed by atoms with E-state index >= 15 is 0 Å². The zero-order chi connectivity index (χ0) is 12.1. The summed E-state index contributed by atoms with van der Waals surface area (Å²) in [5, 5.41) is 19.9. The minimum atomic E-state index is 0.565. The van der Waals surface area contributed by atoms with Crippen LogP contribution in [0.2, 0.25) is 0 Å². The number of nitriles is 2. The lowest BCUT2D eigenvalue weighted by Crippen LogP contribution is -1.83. The van der Waals surface area contributed by atoms with Crippen molar-refractivity contribution in [2.45, 2.75) is 0 Å². The molecule has 17 heavy (non-hydrogen) atoms. The van der Waals surface area contributed by atoms with E-state index in [2.05, 4.69) is 12.1 Å². The molecular formula is C14H8N2S. The molecule has 0 fully saturated rings. The molecule has 2 rings (SSSR count). The average molecular weight is 236 g/mol. The second-order valence-electron chi connectivity index (χ2n) is 3.38. The summed E-state index contributed by atoms with van der Waals surface area (Å²) in [7, 11) is 0. The van der Waals surface area contributed by atoms with E-state index < -0.39 is 0 Å². The Balaban J connectivity index is 2.44. The van der Waals surface area contributed by atoms with Gasteiger partial charge < -0.3 is 0 Å². The van der Waals surface area contributed by atoms with Crippen molar-refractivity contribution in [1.82, 2.24) is 0 Å². The van der Waals surface area contributed by atoms with Crippen molar-refractivity contribution in [3.63, 3.8) is 0 Å². The molecule has 2 nitrogen and oxygen atoms in total. The van der Waals surface area contributed by atoms with Crippen LogP contribution in [0.4, 0.5) is 0 Å². The highest BCUT2D eigenvalue weighted by molar-refractivity contribution is 7.10. The number of benzene rings is 1. The number of hydrogen-bond donors (Lipinski definition) is 0. The summed E-state index contributed by atoms with van der Waals surface area (Å²) in [4.78, 5) is 1.03. The summed E-state index contributed by atoms with van der Waals surface area (Å²) in [5.41, 5.74) is 1.92. The minimum absolute atomic E-state index is 0.565. The predicted molar refractivity (Wildman–Crippen MR) is 69.0 cm³/mol. The quantitative estimate of drug-likeness (QED) is 0.747. The molecule has 0 atom stereocenters. The zero-order valence-corrected chi connectivity index (χ0v) is 9.74. The maximum atomic E-state index is 9.15. The Morgan fingerprint density at radius 1 is 1.18 bits per heavy atom. The van der Waals surface area contributed by atoms with Gasteiger partial charge in [0.15, 0.2) is 0 Å².